The Balaban J connectivity index is 2.87. The lowest BCUT2D eigenvalue weighted by molar-refractivity contribution is 0.166. The Morgan fingerprint density at radius 1 is 1.17 bits per heavy atom. The van der Waals surface area contributed by atoms with Gasteiger partial charge in [0.1, 0.15) is 0 Å². The van der Waals surface area contributed by atoms with Crippen LogP contribution in [0.15, 0.2) is 30.3 Å². The summed E-state index contributed by atoms with van der Waals surface area (Å²) in [5.41, 5.74) is 6.85. The fourth-order valence-corrected chi connectivity index (χ4v) is 2.89. The molecule has 0 amide bonds. The van der Waals surface area contributed by atoms with E-state index in [1.807, 2.05) is 18.2 Å². The van der Waals surface area contributed by atoms with Crippen molar-refractivity contribution >= 4 is 0 Å². The zero-order chi connectivity index (χ0) is 13.6. The minimum Gasteiger partial charge on any atom is -0.395 e. The van der Waals surface area contributed by atoms with E-state index in [0.29, 0.717) is 18.4 Å². The molecule has 3 N–H and O–H groups in total. The van der Waals surface area contributed by atoms with Gasteiger partial charge in [-0.3, -0.25) is 0 Å². The van der Waals surface area contributed by atoms with Gasteiger partial charge >= 0.3 is 0 Å². The van der Waals surface area contributed by atoms with Crippen LogP contribution >= 0.6 is 0 Å². The summed E-state index contributed by atoms with van der Waals surface area (Å²) in [6.45, 7) is 7.35. The second-order valence-corrected chi connectivity index (χ2v) is 5.95. The molecule has 0 bridgehead atoms. The van der Waals surface area contributed by atoms with Crippen LogP contribution < -0.4 is 5.73 Å². The predicted molar refractivity (Wildman–Crippen MR) is 77.5 cm³/mol. The first-order valence-corrected chi connectivity index (χ1v) is 6.90. The molecular weight excluding hydrogens is 222 g/mol. The minimum absolute atomic E-state index is 0.121. The second-order valence-electron chi connectivity index (χ2n) is 5.95. The topological polar surface area (TPSA) is 46.2 Å². The molecule has 1 aromatic rings. The number of benzene rings is 1. The summed E-state index contributed by atoms with van der Waals surface area (Å²) in [5.74, 6) is 1.26. The normalized spacial score (nSPS) is 16.6. The van der Waals surface area contributed by atoms with Gasteiger partial charge < -0.3 is 10.8 Å². The monoisotopic (exact) mass is 249 g/mol. The maximum absolute atomic E-state index is 9.83. The Morgan fingerprint density at radius 2 is 1.78 bits per heavy atom. The highest BCUT2D eigenvalue weighted by Crippen LogP contribution is 2.32. The molecule has 2 unspecified atom stereocenters. The molecule has 0 saturated heterocycles. The minimum atomic E-state index is -0.282. The standard InChI is InChI=1S/C16H27NO/c1-13(2)9-14(3)10-16(11-17,12-18)15-7-5-4-6-8-15/h4-8,13-14,18H,9-12,17H2,1-3H3. The van der Waals surface area contributed by atoms with E-state index in [4.69, 9.17) is 5.73 Å². The zero-order valence-electron chi connectivity index (χ0n) is 11.9. The molecule has 1 rings (SSSR count). The lowest BCUT2D eigenvalue weighted by Crippen LogP contribution is -2.40. The number of aliphatic hydroxyl groups excluding tert-OH is 1. The number of nitrogens with two attached hydrogens (primary N) is 1. The first-order valence-electron chi connectivity index (χ1n) is 6.90. The van der Waals surface area contributed by atoms with Crippen LogP contribution in [-0.2, 0) is 5.41 Å². The maximum Gasteiger partial charge on any atom is 0.0540 e. The summed E-state index contributed by atoms with van der Waals surface area (Å²) in [5, 5.41) is 9.83. The average Bonchev–Trinajstić information content (AvgIpc) is 2.36. The third-order valence-electron chi connectivity index (χ3n) is 3.69. The fourth-order valence-electron chi connectivity index (χ4n) is 2.89. The molecule has 0 fully saturated rings. The van der Waals surface area contributed by atoms with E-state index >= 15 is 0 Å². The summed E-state index contributed by atoms with van der Waals surface area (Å²) in [4.78, 5) is 0. The van der Waals surface area contributed by atoms with Gasteiger partial charge in [-0.25, -0.2) is 0 Å². The molecule has 0 saturated carbocycles. The highest BCUT2D eigenvalue weighted by atomic mass is 16.3. The molecule has 0 aliphatic heterocycles. The van der Waals surface area contributed by atoms with E-state index in [1.54, 1.807) is 0 Å². The van der Waals surface area contributed by atoms with Crippen LogP contribution in [-0.4, -0.2) is 18.3 Å². The summed E-state index contributed by atoms with van der Waals surface area (Å²) in [6, 6.07) is 10.2. The zero-order valence-corrected chi connectivity index (χ0v) is 11.9. The van der Waals surface area contributed by atoms with Crippen molar-refractivity contribution in [2.24, 2.45) is 17.6 Å². The van der Waals surface area contributed by atoms with Crippen LogP contribution in [0.2, 0.25) is 0 Å². The van der Waals surface area contributed by atoms with Gasteiger partial charge in [0.2, 0.25) is 0 Å². The molecule has 2 nitrogen and oxygen atoms in total. The lowest BCUT2D eigenvalue weighted by atomic mass is 9.73. The summed E-state index contributed by atoms with van der Waals surface area (Å²) >= 11 is 0. The van der Waals surface area contributed by atoms with Crippen LogP contribution in [0.25, 0.3) is 0 Å². The first kappa shape index (κ1) is 15.2. The van der Waals surface area contributed by atoms with Crippen molar-refractivity contribution in [3.05, 3.63) is 35.9 Å². The first-order chi connectivity index (χ1) is 8.54. The van der Waals surface area contributed by atoms with Crippen molar-refractivity contribution in [3.63, 3.8) is 0 Å². The number of aliphatic hydroxyl groups is 1. The Morgan fingerprint density at radius 3 is 2.22 bits per heavy atom. The molecule has 0 aliphatic rings. The van der Waals surface area contributed by atoms with E-state index in [9.17, 15) is 5.11 Å². The molecule has 1 aromatic carbocycles. The number of hydrogen-bond acceptors (Lipinski definition) is 2. The van der Waals surface area contributed by atoms with Crippen molar-refractivity contribution in [1.82, 2.24) is 0 Å². The number of hydrogen-bond donors (Lipinski definition) is 2. The molecule has 18 heavy (non-hydrogen) atoms. The molecule has 102 valence electrons. The third-order valence-corrected chi connectivity index (χ3v) is 3.69. The highest BCUT2D eigenvalue weighted by Gasteiger charge is 2.31. The molecule has 0 aromatic heterocycles. The number of rotatable bonds is 7. The van der Waals surface area contributed by atoms with Gasteiger partial charge in [-0.1, -0.05) is 51.1 Å². The van der Waals surface area contributed by atoms with Gasteiger partial charge in [0.05, 0.1) is 6.61 Å². The maximum atomic E-state index is 9.83. The highest BCUT2D eigenvalue weighted by molar-refractivity contribution is 5.26. The van der Waals surface area contributed by atoms with Crippen molar-refractivity contribution in [3.8, 4) is 0 Å². The SMILES string of the molecule is CC(C)CC(C)CC(CN)(CO)c1ccccc1. The molecule has 2 heteroatoms. The van der Waals surface area contributed by atoms with E-state index in [1.165, 1.54) is 6.42 Å². The average molecular weight is 249 g/mol. The molecule has 0 aliphatic carbocycles. The van der Waals surface area contributed by atoms with Gasteiger partial charge in [-0.15, -0.1) is 0 Å². The van der Waals surface area contributed by atoms with Crippen LogP contribution in [0.3, 0.4) is 0 Å². The van der Waals surface area contributed by atoms with E-state index in [-0.39, 0.29) is 12.0 Å². The summed E-state index contributed by atoms with van der Waals surface area (Å²) in [7, 11) is 0. The van der Waals surface area contributed by atoms with Crippen LogP contribution in [0.1, 0.15) is 39.2 Å². The second kappa shape index (κ2) is 6.91. The third kappa shape index (κ3) is 3.82. The van der Waals surface area contributed by atoms with Gasteiger partial charge in [0, 0.05) is 12.0 Å². The smallest absolute Gasteiger partial charge is 0.0540 e. The van der Waals surface area contributed by atoms with Crippen LogP contribution in [0, 0.1) is 11.8 Å². The predicted octanol–water partition coefficient (Wildman–Crippen LogP) is 2.95. The van der Waals surface area contributed by atoms with E-state index < -0.39 is 0 Å². The van der Waals surface area contributed by atoms with Gasteiger partial charge in [0.15, 0.2) is 0 Å². The van der Waals surface area contributed by atoms with E-state index in [2.05, 4.69) is 32.9 Å². The molecule has 2 atom stereocenters. The van der Waals surface area contributed by atoms with Crippen molar-refractivity contribution in [2.45, 2.75) is 39.0 Å². The quantitative estimate of drug-likeness (QED) is 0.780. The van der Waals surface area contributed by atoms with Crippen molar-refractivity contribution in [1.29, 1.82) is 0 Å². The van der Waals surface area contributed by atoms with Crippen LogP contribution in [0.5, 0.6) is 0 Å². The molecule has 0 spiro atoms. The Hall–Kier alpha value is -0.860. The van der Waals surface area contributed by atoms with Crippen molar-refractivity contribution < 1.29 is 5.11 Å². The van der Waals surface area contributed by atoms with E-state index in [0.717, 1.165) is 12.0 Å². The Kier molecular flexibility index (Phi) is 5.83. The summed E-state index contributed by atoms with van der Waals surface area (Å²) in [6.07, 6.45) is 2.12. The lowest BCUT2D eigenvalue weighted by Gasteiger charge is -2.34. The largest absolute Gasteiger partial charge is 0.395 e. The fraction of sp³-hybridized carbons (Fsp3) is 0.625. The Bertz CT molecular complexity index is 330. The van der Waals surface area contributed by atoms with Gasteiger partial charge in [0.25, 0.3) is 0 Å². The van der Waals surface area contributed by atoms with Crippen molar-refractivity contribution in [2.75, 3.05) is 13.2 Å². The van der Waals surface area contributed by atoms with Gasteiger partial charge in [-0.05, 0) is 30.2 Å². The molecule has 0 heterocycles. The molecule has 0 radical (unpaired) electrons. The Labute approximate surface area is 111 Å². The van der Waals surface area contributed by atoms with Gasteiger partial charge in [-0.2, -0.15) is 0 Å². The summed E-state index contributed by atoms with van der Waals surface area (Å²) < 4.78 is 0. The van der Waals surface area contributed by atoms with Crippen LogP contribution in [0.4, 0.5) is 0 Å². The molecular formula is C16H27NO.